The topological polar surface area (TPSA) is 17.1 Å². The molecule has 0 N–H and O–H groups in total. The van der Waals surface area contributed by atoms with E-state index in [0.29, 0.717) is 6.07 Å². The summed E-state index contributed by atoms with van der Waals surface area (Å²) in [6, 6.07) is 5.68. The molecule has 0 fully saturated rings. The lowest BCUT2D eigenvalue weighted by molar-refractivity contribution is -0.139. The number of benzene rings is 2. The molecule has 0 saturated heterocycles. The first-order valence-corrected chi connectivity index (χ1v) is 5.88. The Morgan fingerprint density at radius 3 is 2.24 bits per heavy atom. The van der Waals surface area contributed by atoms with Crippen molar-refractivity contribution in [2.24, 2.45) is 0 Å². The van der Waals surface area contributed by atoms with Crippen molar-refractivity contribution in [2.75, 3.05) is 0 Å². The smallest absolute Gasteiger partial charge is 0.294 e. The minimum atomic E-state index is -4.85. The Balaban J connectivity index is 2.72. The Morgan fingerprint density at radius 2 is 1.67 bits per heavy atom. The van der Waals surface area contributed by atoms with Crippen LogP contribution in [-0.4, -0.2) is 5.78 Å². The van der Waals surface area contributed by atoms with Gasteiger partial charge in [-0.2, -0.15) is 13.2 Å². The van der Waals surface area contributed by atoms with Gasteiger partial charge in [0.25, 0.3) is 0 Å². The van der Waals surface area contributed by atoms with Crippen molar-refractivity contribution in [3.05, 3.63) is 59.2 Å². The summed E-state index contributed by atoms with van der Waals surface area (Å²) in [5.41, 5.74) is -2.07. The number of hydrogen-bond donors (Lipinski definition) is 0. The van der Waals surface area contributed by atoms with Gasteiger partial charge in [-0.25, -0.2) is 8.78 Å². The largest absolute Gasteiger partial charge is 0.419 e. The maximum atomic E-state index is 14.1. The summed E-state index contributed by atoms with van der Waals surface area (Å²) < 4.78 is 65.3. The van der Waals surface area contributed by atoms with Gasteiger partial charge in [0.05, 0.1) is 5.56 Å². The summed E-state index contributed by atoms with van der Waals surface area (Å²) in [7, 11) is 0. The number of ketones is 1. The van der Waals surface area contributed by atoms with Crippen molar-refractivity contribution in [3.63, 3.8) is 0 Å². The van der Waals surface area contributed by atoms with Crippen molar-refractivity contribution in [1.82, 2.24) is 0 Å². The van der Waals surface area contributed by atoms with Crippen molar-refractivity contribution in [2.45, 2.75) is 13.1 Å². The van der Waals surface area contributed by atoms with Gasteiger partial charge in [0.1, 0.15) is 11.6 Å². The van der Waals surface area contributed by atoms with Gasteiger partial charge in [0.15, 0.2) is 5.78 Å². The normalized spacial score (nSPS) is 11.5. The van der Waals surface area contributed by atoms with E-state index in [1.54, 1.807) is 0 Å². The second kappa shape index (κ2) is 5.27. The van der Waals surface area contributed by atoms with Crippen LogP contribution in [0.15, 0.2) is 36.4 Å². The average molecular weight is 300 g/mol. The second-order valence-corrected chi connectivity index (χ2v) is 4.41. The van der Waals surface area contributed by atoms with Crippen LogP contribution in [0.3, 0.4) is 0 Å². The van der Waals surface area contributed by atoms with Crippen LogP contribution in [0.25, 0.3) is 11.1 Å². The highest BCUT2D eigenvalue weighted by molar-refractivity contribution is 6.00. The molecule has 6 heteroatoms. The fourth-order valence-corrected chi connectivity index (χ4v) is 2.00. The predicted molar refractivity (Wildman–Crippen MR) is 66.8 cm³/mol. The van der Waals surface area contributed by atoms with Gasteiger partial charge in [-0.15, -0.1) is 0 Å². The van der Waals surface area contributed by atoms with Gasteiger partial charge < -0.3 is 0 Å². The Labute approximate surface area is 117 Å². The zero-order chi connectivity index (χ0) is 15.8. The highest BCUT2D eigenvalue weighted by Crippen LogP contribution is 2.36. The number of carbonyl (C=O) groups excluding carboxylic acids is 1. The van der Waals surface area contributed by atoms with E-state index < -0.39 is 34.7 Å². The number of rotatable bonds is 2. The number of halogens is 5. The van der Waals surface area contributed by atoms with E-state index >= 15 is 0 Å². The van der Waals surface area contributed by atoms with E-state index in [1.807, 2.05) is 0 Å². The van der Waals surface area contributed by atoms with Crippen molar-refractivity contribution in [3.8, 4) is 11.1 Å². The zero-order valence-corrected chi connectivity index (χ0v) is 10.8. The van der Waals surface area contributed by atoms with E-state index in [0.717, 1.165) is 37.3 Å². The van der Waals surface area contributed by atoms with Crippen LogP contribution < -0.4 is 0 Å². The third-order valence-electron chi connectivity index (χ3n) is 2.96. The molecule has 0 radical (unpaired) electrons. The second-order valence-electron chi connectivity index (χ2n) is 4.41. The van der Waals surface area contributed by atoms with Gasteiger partial charge in [-0.1, -0.05) is 18.2 Å². The van der Waals surface area contributed by atoms with Crippen molar-refractivity contribution < 1.29 is 26.7 Å². The third kappa shape index (κ3) is 2.94. The third-order valence-corrected chi connectivity index (χ3v) is 2.96. The van der Waals surface area contributed by atoms with Gasteiger partial charge >= 0.3 is 6.18 Å². The monoisotopic (exact) mass is 300 g/mol. The van der Waals surface area contributed by atoms with Crippen LogP contribution in [0.4, 0.5) is 22.0 Å². The minimum absolute atomic E-state index is 0.0764. The molecule has 0 spiro atoms. The summed E-state index contributed by atoms with van der Waals surface area (Å²) in [6.07, 6.45) is -4.85. The molecule has 0 atom stereocenters. The summed E-state index contributed by atoms with van der Waals surface area (Å²) >= 11 is 0. The quantitative estimate of drug-likeness (QED) is 0.572. The molecule has 0 aliphatic carbocycles. The summed E-state index contributed by atoms with van der Waals surface area (Å²) in [5, 5.41) is 0. The average Bonchev–Trinajstić information content (AvgIpc) is 2.38. The number of hydrogen-bond acceptors (Lipinski definition) is 1. The van der Waals surface area contributed by atoms with E-state index in [-0.39, 0.29) is 11.1 Å². The fourth-order valence-electron chi connectivity index (χ4n) is 2.00. The Kier molecular flexibility index (Phi) is 3.80. The van der Waals surface area contributed by atoms with E-state index in [4.69, 9.17) is 0 Å². The predicted octanol–water partition coefficient (Wildman–Crippen LogP) is 4.85. The van der Waals surface area contributed by atoms with Gasteiger partial charge in [0, 0.05) is 11.1 Å². The maximum Gasteiger partial charge on any atom is 0.419 e. The van der Waals surface area contributed by atoms with Crippen LogP contribution in [0.5, 0.6) is 0 Å². The molecule has 2 aromatic carbocycles. The highest BCUT2D eigenvalue weighted by Gasteiger charge is 2.35. The van der Waals surface area contributed by atoms with Gasteiger partial charge in [-0.3, -0.25) is 4.79 Å². The fraction of sp³-hybridized carbons (Fsp3) is 0.133. The van der Waals surface area contributed by atoms with Gasteiger partial charge in [-0.05, 0) is 30.7 Å². The molecule has 0 heterocycles. The lowest BCUT2D eigenvalue weighted by Crippen LogP contribution is -2.09. The zero-order valence-electron chi connectivity index (χ0n) is 10.8. The molecule has 2 aromatic rings. The van der Waals surface area contributed by atoms with E-state index in [1.165, 1.54) is 0 Å². The molecule has 0 unspecified atom stereocenters. The molecule has 0 aromatic heterocycles. The first kappa shape index (κ1) is 15.2. The summed E-state index contributed by atoms with van der Waals surface area (Å²) in [6.45, 7) is 1.13. The number of Topliss-reactive ketones (excluding diaryl/α,β-unsaturated/α-hetero) is 1. The molecule has 21 heavy (non-hydrogen) atoms. The SMILES string of the molecule is CC(=O)c1cc(F)ccc1-c1cccc(C(F)(F)F)c1F. The molecule has 0 saturated carbocycles. The lowest BCUT2D eigenvalue weighted by atomic mass is 9.95. The standard InChI is InChI=1S/C15H9F5O/c1-8(21)12-7-9(16)5-6-10(12)11-3-2-4-13(14(11)17)15(18,19)20/h2-7H,1H3. The maximum absolute atomic E-state index is 14.1. The van der Waals surface area contributed by atoms with Crippen LogP contribution in [0, 0.1) is 11.6 Å². The Hall–Kier alpha value is -2.24. The first-order valence-electron chi connectivity index (χ1n) is 5.88. The van der Waals surface area contributed by atoms with Crippen LogP contribution in [-0.2, 0) is 6.18 Å². The minimum Gasteiger partial charge on any atom is -0.294 e. The highest BCUT2D eigenvalue weighted by atomic mass is 19.4. The lowest BCUT2D eigenvalue weighted by Gasteiger charge is -2.13. The number of carbonyl (C=O) groups is 1. The molecule has 0 aliphatic heterocycles. The Morgan fingerprint density at radius 1 is 1.00 bits per heavy atom. The first-order chi connectivity index (χ1) is 9.71. The summed E-state index contributed by atoms with van der Waals surface area (Å²) in [4.78, 5) is 11.5. The van der Waals surface area contributed by atoms with Gasteiger partial charge in [0.2, 0.25) is 0 Å². The van der Waals surface area contributed by atoms with Crippen molar-refractivity contribution >= 4 is 5.78 Å². The molecule has 1 nitrogen and oxygen atoms in total. The van der Waals surface area contributed by atoms with Crippen LogP contribution in [0.2, 0.25) is 0 Å². The van der Waals surface area contributed by atoms with Crippen molar-refractivity contribution in [1.29, 1.82) is 0 Å². The van der Waals surface area contributed by atoms with Crippen LogP contribution in [0.1, 0.15) is 22.8 Å². The molecule has 0 aliphatic rings. The molecule has 110 valence electrons. The number of alkyl halides is 3. The summed E-state index contributed by atoms with van der Waals surface area (Å²) in [5.74, 6) is -2.78. The van der Waals surface area contributed by atoms with E-state index in [9.17, 15) is 26.7 Å². The molecule has 0 amide bonds. The Bertz CT molecular complexity index is 704. The van der Waals surface area contributed by atoms with Crippen LogP contribution >= 0.6 is 0 Å². The van der Waals surface area contributed by atoms with E-state index in [2.05, 4.69) is 0 Å². The molecular weight excluding hydrogens is 291 g/mol. The molecule has 2 rings (SSSR count). The molecular formula is C15H9F5O. The molecule has 0 bridgehead atoms.